The third-order valence-corrected chi connectivity index (χ3v) is 5.11. The molecule has 1 fully saturated rings. The normalized spacial score (nSPS) is 18.1. The molecule has 1 aliphatic heterocycles. The third kappa shape index (κ3) is 3.30. The molecule has 0 unspecified atom stereocenters. The molecule has 0 aliphatic carbocycles. The minimum Gasteiger partial charge on any atom is -0.326 e. The maximum Gasteiger partial charge on any atom is 0.230 e. The number of carbonyl (C=O) groups is 1. The Balaban J connectivity index is 2.12. The zero-order valence-electron chi connectivity index (χ0n) is 10.9. The maximum absolute atomic E-state index is 12.5. The second kappa shape index (κ2) is 6.25. The second-order valence-electron chi connectivity index (χ2n) is 4.97. The quantitative estimate of drug-likeness (QED) is 0.874. The Hall–Kier alpha value is -0.580. The van der Waals surface area contributed by atoms with Crippen molar-refractivity contribution in [2.75, 3.05) is 18.4 Å². The van der Waals surface area contributed by atoms with E-state index in [2.05, 4.69) is 33.5 Å². The lowest BCUT2D eigenvalue weighted by atomic mass is 9.76. The van der Waals surface area contributed by atoms with Gasteiger partial charge in [0.25, 0.3) is 0 Å². The molecule has 0 aromatic heterocycles. The summed E-state index contributed by atoms with van der Waals surface area (Å²) in [5.74, 6) is 0.116. The molecule has 0 saturated carbocycles. The van der Waals surface area contributed by atoms with E-state index in [4.69, 9.17) is 11.6 Å². The highest BCUT2D eigenvalue weighted by Crippen LogP contribution is 2.34. The molecule has 3 nitrogen and oxygen atoms in total. The van der Waals surface area contributed by atoms with Gasteiger partial charge in [0.05, 0.1) is 10.4 Å². The Kier molecular flexibility index (Phi) is 4.87. The van der Waals surface area contributed by atoms with Crippen LogP contribution in [0.15, 0.2) is 22.7 Å². The van der Waals surface area contributed by atoms with Crippen molar-refractivity contribution in [3.05, 3.63) is 27.7 Å². The number of hydrogen-bond acceptors (Lipinski definition) is 2. The van der Waals surface area contributed by atoms with Gasteiger partial charge in [-0.05, 0) is 66.5 Å². The summed E-state index contributed by atoms with van der Waals surface area (Å²) in [7, 11) is 0. The van der Waals surface area contributed by atoms with Gasteiger partial charge in [0.15, 0.2) is 0 Å². The molecule has 104 valence electrons. The fourth-order valence-corrected chi connectivity index (χ4v) is 2.98. The van der Waals surface area contributed by atoms with Crippen molar-refractivity contribution in [2.45, 2.75) is 26.2 Å². The molecule has 1 aromatic carbocycles. The molecule has 2 rings (SSSR count). The first-order valence-corrected chi connectivity index (χ1v) is 7.72. The van der Waals surface area contributed by atoms with E-state index in [1.165, 1.54) is 0 Å². The number of piperidine rings is 1. The summed E-state index contributed by atoms with van der Waals surface area (Å²) in [5.41, 5.74) is 0.546. The number of hydrogen-bond donors (Lipinski definition) is 2. The van der Waals surface area contributed by atoms with Crippen molar-refractivity contribution >= 4 is 39.1 Å². The van der Waals surface area contributed by atoms with Crippen LogP contribution in [-0.2, 0) is 4.79 Å². The van der Waals surface area contributed by atoms with Crippen molar-refractivity contribution in [1.82, 2.24) is 5.32 Å². The van der Waals surface area contributed by atoms with Gasteiger partial charge in [0, 0.05) is 10.2 Å². The van der Waals surface area contributed by atoms with E-state index < -0.39 is 0 Å². The molecule has 1 aliphatic rings. The highest BCUT2D eigenvalue weighted by atomic mass is 79.9. The monoisotopic (exact) mass is 344 g/mol. The van der Waals surface area contributed by atoms with Crippen molar-refractivity contribution in [3.8, 4) is 0 Å². The largest absolute Gasteiger partial charge is 0.326 e. The lowest BCUT2D eigenvalue weighted by molar-refractivity contribution is -0.127. The van der Waals surface area contributed by atoms with E-state index in [9.17, 15) is 4.79 Å². The molecule has 5 heteroatoms. The first-order valence-electron chi connectivity index (χ1n) is 6.54. The number of carbonyl (C=O) groups excluding carboxylic acids is 1. The molecule has 1 amide bonds. The predicted octanol–water partition coefficient (Wildman–Crippen LogP) is 3.82. The van der Waals surface area contributed by atoms with Crippen LogP contribution >= 0.6 is 27.5 Å². The highest BCUT2D eigenvalue weighted by Gasteiger charge is 2.37. The molecular formula is C14H18BrClN2O. The van der Waals surface area contributed by atoms with Gasteiger partial charge in [-0.25, -0.2) is 0 Å². The summed E-state index contributed by atoms with van der Waals surface area (Å²) in [6.07, 6.45) is 2.66. The zero-order valence-corrected chi connectivity index (χ0v) is 13.3. The van der Waals surface area contributed by atoms with E-state index in [1.54, 1.807) is 6.07 Å². The smallest absolute Gasteiger partial charge is 0.230 e. The average molecular weight is 346 g/mol. The van der Waals surface area contributed by atoms with Crippen LogP contribution in [0.5, 0.6) is 0 Å². The summed E-state index contributed by atoms with van der Waals surface area (Å²) >= 11 is 9.32. The fourth-order valence-electron chi connectivity index (χ4n) is 2.48. The summed E-state index contributed by atoms with van der Waals surface area (Å²) in [4.78, 5) is 12.5. The second-order valence-corrected chi connectivity index (χ2v) is 6.23. The minimum absolute atomic E-state index is 0.116. The van der Waals surface area contributed by atoms with Gasteiger partial charge < -0.3 is 10.6 Å². The Labute approximate surface area is 127 Å². The average Bonchev–Trinajstić information content (AvgIpc) is 2.43. The lowest BCUT2D eigenvalue weighted by Gasteiger charge is -2.35. The van der Waals surface area contributed by atoms with Crippen LogP contribution < -0.4 is 10.6 Å². The van der Waals surface area contributed by atoms with E-state index in [0.29, 0.717) is 5.02 Å². The van der Waals surface area contributed by atoms with E-state index >= 15 is 0 Å². The molecule has 0 radical (unpaired) electrons. The van der Waals surface area contributed by atoms with Gasteiger partial charge >= 0.3 is 0 Å². The Morgan fingerprint density at radius 1 is 1.47 bits per heavy atom. The first kappa shape index (κ1) is 14.8. The van der Waals surface area contributed by atoms with Gasteiger partial charge in [0.1, 0.15) is 0 Å². The molecule has 0 spiro atoms. The Morgan fingerprint density at radius 2 is 2.16 bits per heavy atom. The van der Waals surface area contributed by atoms with Crippen LogP contribution in [0.25, 0.3) is 0 Å². The number of nitrogens with one attached hydrogen (secondary N) is 2. The van der Waals surface area contributed by atoms with E-state index in [-0.39, 0.29) is 11.3 Å². The summed E-state index contributed by atoms with van der Waals surface area (Å²) in [5, 5.41) is 6.96. The van der Waals surface area contributed by atoms with Crippen molar-refractivity contribution < 1.29 is 4.79 Å². The van der Waals surface area contributed by atoms with Crippen molar-refractivity contribution in [2.24, 2.45) is 5.41 Å². The molecule has 1 heterocycles. The molecule has 0 bridgehead atoms. The summed E-state index contributed by atoms with van der Waals surface area (Å²) in [6, 6.07) is 5.45. The number of anilines is 1. The number of amides is 1. The molecule has 1 aromatic rings. The minimum atomic E-state index is -0.239. The third-order valence-electron chi connectivity index (χ3n) is 3.90. The van der Waals surface area contributed by atoms with Gasteiger partial charge in [0.2, 0.25) is 5.91 Å². The van der Waals surface area contributed by atoms with Crippen molar-refractivity contribution in [1.29, 1.82) is 0 Å². The molecule has 1 saturated heterocycles. The van der Waals surface area contributed by atoms with Crippen LogP contribution in [0.2, 0.25) is 5.02 Å². The summed E-state index contributed by atoms with van der Waals surface area (Å²) < 4.78 is 0.794. The maximum atomic E-state index is 12.5. The van der Waals surface area contributed by atoms with Gasteiger partial charge in [-0.3, -0.25) is 4.79 Å². The Morgan fingerprint density at radius 3 is 2.74 bits per heavy atom. The van der Waals surface area contributed by atoms with E-state index in [0.717, 1.165) is 42.5 Å². The first-order chi connectivity index (χ1) is 9.07. The van der Waals surface area contributed by atoms with Crippen molar-refractivity contribution in [3.63, 3.8) is 0 Å². The molecule has 19 heavy (non-hydrogen) atoms. The lowest BCUT2D eigenvalue weighted by Crippen LogP contribution is -2.44. The zero-order chi connectivity index (χ0) is 13.9. The topological polar surface area (TPSA) is 41.1 Å². The van der Waals surface area contributed by atoms with Gasteiger partial charge in [-0.1, -0.05) is 18.5 Å². The molecular weight excluding hydrogens is 328 g/mol. The fraction of sp³-hybridized carbons (Fsp3) is 0.500. The number of rotatable bonds is 3. The van der Waals surface area contributed by atoms with Crippen LogP contribution in [0, 0.1) is 5.41 Å². The van der Waals surface area contributed by atoms with Gasteiger partial charge in [-0.15, -0.1) is 0 Å². The number of halogens is 2. The predicted molar refractivity (Wildman–Crippen MR) is 82.6 cm³/mol. The van der Waals surface area contributed by atoms with Crippen LogP contribution in [0.1, 0.15) is 26.2 Å². The van der Waals surface area contributed by atoms with Gasteiger partial charge in [-0.2, -0.15) is 0 Å². The Bertz CT molecular complexity index is 473. The SMILES string of the molecule is CCC1(C(=O)Nc2ccc(Cl)c(Br)c2)CCNCC1. The molecule has 2 N–H and O–H groups in total. The molecule has 0 atom stereocenters. The van der Waals surface area contributed by atoms with Crippen LogP contribution in [0.3, 0.4) is 0 Å². The standard InChI is InChI=1S/C14H18BrClN2O/c1-2-14(5-7-17-8-6-14)13(19)18-10-3-4-12(16)11(15)9-10/h3-4,9,17H,2,5-8H2,1H3,(H,18,19). The summed E-state index contributed by atoms with van der Waals surface area (Å²) in [6.45, 7) is 3.90. The van der Waals surface area contributed by atoms with E-state index in [1.807, 2.05) is 12.1 Å². The highest BCUT2D eigenvalue weighted by molar-refractivity contribution is 9.10. The number of benzene rings is 1. The van der Waals surface area contributed by atoms with Crippen LogP contribution in [0.4, 0.5) is 5.69 Å². The van der Waals surface area contributed by atoms with Crippen LogP contribution in [-0.4, -0.2) is 19.0 Å².